The molecule has 0 saturated heterocycles. The number of aliphatic hydroxyl groups excluding tert-OH is 3. The van der Waals surface area contributed by atoms with Gasteiger partial charge in [-0.25, -0.2) is 4.79 Å². The third-order valence-corrected chi connectivity index (χ3v) is 9.88. The van der Waals surface area contributed by atoms with Crippen LogP contribution in [0.15, 0.2) is 0 Å². The molecule has 1 aromatic rings. The van der Waals surface area contributed by atoms with Crippen molar-refractivity contribution in [1.29, 1.82) is 0 Å². The number of ether oxygens (including phenoxy) is 3. The lowest BCUT2D eigenvalue weighted by atomic mass is 9.83. The zero-order valence-corrected chi connectivity index (χ0v) is 28.5. The van der Waals surface area contributed by atoms with Crippen molar-refractivity contribution in [2.75, 3.05) is 26.4 Å². The zero-order chi connectivity index (χ0) is 32.2. The Morgan fingerprint density at radius 3 is 1.98 bits per heavy atom. The zero-order valence-electron chi connectivity index (χ0n) is 28.5. The monoisotopic (exact) mass is 606 g/mol. The maximum atomic E-state index is 12.5. The summed E-state index contributed by atoms with van der Waals surface area (Å²) in [6.07, 6.45) is 12.5. The fraction of sp³-hybridized carbons (Fsp3) is 0.806. The van der Waals surface area contributed by atoms with Gasteiger partial charge in [0.1, 0.15) is 17.1 Å². The lowest BCUT2D eigenvalue weighted by molar-refractivity contribution is -0.0165. The highest BCUT2D eigenvalue weighted by molar-refractivity contribution is 5.68. The van der Waals surface area contributed by atoms with Gasteiger partial charge in [0.25, 0.3) is 0 Å². The smallest absolute Gasteiger partial charge is 0.487 e. The van der Waals surface area contributed by atoms with Crippen LogP contribution in [0.5, 0.6) is 11.5 Å². The number of carbonyl (C=O) groups excluding carboxylic acids is 1. The van der Waals surface area contributed by atoms with E-state index >= 15 is 0 Å². The van der Waals surface area contributed by atoms with Gasteiger partial charge in [-0.3, -0.25) is 0 Å². The molecule has 2 rings (SSSR count). The largest absolute Gasteiger partial charge is 0.513 e. The summed E-state index contributed by atoms with van der Waals surface area (Å²) >= 11 is 0. The summed E-state index contributed by atoms with van der Waals surface area (Å²) in [7, 11) is 0. The highest BCUT2D eigenvalue weighted by atomic mass is 16.7. The predicted octanol–water partition coefficient (Wildman–Crippen LogP) is 8.00. The average molecular weight is 607 g/mol. The summed E-state index contributed by atoms with van der Waals surface area (Å²) in [5.41, 5.74) is 2.49. The molecular weight excluding hydrogens is 544 g/mol. The molecule has 0 amide bonds. The summed E-state index contributed by atoms with van der Waals surface area (Å²) < 4.78 is 17.6. The van der Waals surface area contributed by atoms with Crippen LogP contribution in [0.1, 0.15) is 128 Å². The second-order valence-corrected chi connectivity index (χ2v) is 14.3. The fourth-order valence-corrected chi connectivity index (χ4v) is 6.26. The summed E-state index contributed by atoms with van der Waals surface area (Å²) in [5.74, 6) is 3.80. The van der Waals surface area contributed by atoms with E-state index in [9.17, 15) is 20.1 Å². The van der Waals surface area contributed by atoms with Gasteiger partial charge in [0.05, 0.1) is 26.4 Å². The average Bonchev–Trinajstić information content (AvgIpc) is 2.96. The van der Waals surface area contributed by atoms with Gasteiger partial charge in [0.2, 0.25) is 0 Å². The molecule has 0 radical (unpaired) electrons. The van der Waals surface area contributed by atoms with Crippen molar-refractivity contribution < 1.29 is 34.3 Å². The van der Waals surface area contributed by atoms with Crippen LogP contribution in [0.4, 0.5) is 4.79 Å². The quantitative estimate of drug-likeness (QED) is 0.108. The summed E-state index contributed by atoms with van der Waals surface area (Å²) in [6.45, 7) is 16.3. The first-order valence-electron chi connectivity index (χ1n) is 16.8. The fourth-order valence-electron chi connectivity index (χ4n) is 6.26. The molecule has 248 valence electrons. The first-order valence-corrected chi connectivity index (χ1v) is 16.8. The van der Waals surface area contributed by atoms with Crippen molar-refractivity contribution in [2.45, 2.75) is 138 Å². The van der Waals surface area contributed by atoms with Crippen molar-refractivity contribution in [3.8, 4) is 11.5 Å². The number of aliphatic hydroxyl groups is 3. The van der Waals surface area contributed by atoms with E-state index in [2.05, 4.69) is 34.6 Å². The van der Waals surface area contributed by atoms with E-state index in [1.165, 1.54) is 44.9 Å². The number of carbonyl (C=O) groups is 1. The van der Waals surface area contributed by atoms with Gasteiger partial charge in [-0.15, -0.1) is 0 Å². The van der Waals surface area contributed by atoms with Gasteiger partial charge >= 0.3 is 6.16 Å². The van der Waals surface area contributed by atoms with Crippen molar-refractivity contribution in [3.05, 3.63) is 22.3 Å². The van der Waals surface area contributed by atoms with Crippen LogP contribution in [-0.2, 0) is 11.2 Å². The van der Waals surface area contributed by atoms with E-state index in [4.69, 9.17) is 14.2 Å². The minimum atomic E-state index is -1.10. The molecule has 1 aromatic carbocycles. The maximum Gasteiger partial charge on any atom is 0.513 e. The molecule has 43 heavy (non-hydrogen) atoms. The molecule has 1 aliphatic rings. The Balaban J connectivity index is 1.88. The SMILES string of the molecule is Cc1c(C)c2c(c(C)c1OC(=O)OCCC(CO)(CO)CO)CCC(C)(CCCC(C)CCCC(C)CCCC(C)C)O2. The van der Waals surface area contributed by atoms with Crippen LogP contribution in [0.25, 0.3) is 0 Å². The third kappa shape index (κ3) is 11.2. The van der Waals surface area contributed by atoms with Gasteiger partial charge in [0.15, 0.2) is 0 Å². The third-order valence-electron chi connectivity index (χ3n) is 9.88. The Hall–Kier alpha value is -1.83. The molecule has 1 heterocycles. The lowest BCUT2D eigenvalue weighted by Crippen LogP contribution is -2.37. The van der Waals surface area contributed by atoms with E-state index < -0.39 is 31.4 Å². The van der Waals surface area contributed by atoms with Crippen LogP contribution < -0.4 is 9.47 Å². The second kappa shape index (κ2) is 17.6. The van der Waals surface area contributed by atoms with Crippen molar-refractivity contribution >= 4 is 6.16 Å². The van der Waals surface area contributed by atoms with Gasteiger partial charge < -0.3 is 29.5 Å². The van der Waals surface area contributed by atoms with Gasteiger partial charge in [-0.1, -0.05) is 72.6 Å². The van der Waals surface area contributed by atoms with Gasteiger partial charge in [-0.05, 0) is 94.2 Å². The van der Waals surface area contributed by atoms with Crippen molar-refractivity contribution in [3.63, 3.8) is 0 Å². The van der Waals surface area contributed by atoms with Crippen LogP contribution in [0.2, 0.25) is 0 Å². The molecule has 3 N–H and O–H groups in total. The molecule has 7 nitrogen and oxygen atoms in total. The molecule has 3 atom stereocenters. The molecule has 7 heteroatoms. The molecule has 0 spiro atoms. The maximum absolute atomic E-state index is 12.5. The van der Waals surface area contributed by atoms with Crippen LogP contribution >= 0.6 is 0 Å². The minimum Gasteiger partial charge on any atom is -0.487 e. The van der Waals surface area contributed by atoms with E-state index in [0.29, 0.717) is 5.75 Å². The number of hydrogen-bond acceptors (Lipinski definition) is 7. The number of benzene rings is 1. The highest BCUT2D eigenvalue weighted by Crippen LogP contribution is 2.45. The van der Waals surface area contributed by atoms with E-state index in [0.717, 1.165) is 71.4 Å². The molecule has 0 saturated carbocycles. The Morgan fingerprint density at radius 2 is 1.42 bits per heavy atom. The Labute approximate surface area is 261 Å². The standard InChI is InChI=1S/C36H62O7/c1-25(2)12-9-13-26(3)14-10-15-27(4)16-11-18-35(8)19-17-31-30(7)32(28(5)29(6)33(31)43-35)42-34(40)41-21-20-36(22-37,23-38)24-39/h25-27,37-39H,9-24H2,1-8H3. The lowest BCUT2D eigenvalue weighted by Gasteiger charge is -2.38. The summed E-state index contributed by atoms with van der Waals surface area (Å²) in [5, 5.41) is 28.4. The molecule has 3 unspecified atom stereocenters. The molecule has 1 aliphatic heterocycles. The van der Waals surface area contributed by atoms with Crippen LogP contribution in [0.3, 0.4) is 0 Å². The number of rotatable bonds is 19. The van der Waals surface area contributed by atoms with Crippen molar-refractivity contribution in [2.24, 2.45) is 23.2 Å². The van der Waals surface area contributed by atoms with E-state index in [-0.39, 0.29) is 18.6 Å². The molecule has 0 fully saturated rings. The van der Waals surface area contributed by atoms with Crippen LogP contribution in [-0.4, -0.2) is 53.5 Å². The van der Waals surface area contributed by atoms with Gasteiger partial charge in [-0.2, -0.15) is 0 Å². The molecule has 0 aromatic heterocycles. The summed E-state index contributed by atoms with van der Waals surface area (Å²) in [4.78, 5) is 12.5. The minimum absolute atomic E-state index is 0.0832. The van der Waals surface area contributed by atoms with E-state index in [1.54, 1.807) is 0 Å². The molecule has 0 aliphatic carbocycles. The topological polar surface area (TPSA) is 105 Å². The molecular formula is C36H62O7. The number of hydrogen-bond donors (Lipinski definition) is 3. The number of fused-ring (bicyclic) bond motifs is 1. The Bertz CT molecular complexity index is 992. The van der Waals surface area contributed by atoms with Gasteiger partial charge in [0, 0.05) is 11.0 Å². The Morgan fingerprint density at radius 1 is 0.860 bits per heavy atom. The highest BCUT2D eigenvalue weighted by Gasteiger charge is 2.35. The second-order valence-electron chi connectivity index (χ2n) is 14.3. The van der Waals surface area contributed by atoms with E-state index in [1.807, 2.05) is 20.8 Å². The normalized spacial score (nSPS) is 18.2. The predicted molar refractivity (Wildman–Crippen MR) is 173 cm³/mol. The molecule has 0 bridgehead atoms. The van der Waals surface area contributed by atoms with Crippen LogP contribution in [0, 0.1) is 43.9 Å². The summed E-state index contributed by atoms with van der Waals surface area (Å²) in [6, 6.07) is 0. The first kappa shape index (κ1) is 37.4. The first-order chi connectivity index (χ1) is 20.3. The Kier molecular flexibility index (Phi) is 15.3. The van der Waals surface area contributed by atoms with Crippen molar-refractivity contribution in [1.82, 2.24) is 0 Å².